The maximum absolute atomic E-state index is 11.3. The average Bonchev–Trinajstić information content (AvgIpc) is 2.78. The first-order chi connectivity index (χ1) is 8.79. The van der Waals surface area contributed by atoms with Crippen LogP contribution in [0.5, 0.6) is 0 Å². The second-order valence-electron chi connectivity index (χ2n) is 4.43. The molecule has 88 valence electrons. The van der Waals surface area contributed by atoms with E-state index in [-0.39, 0.29) is 0 Å². The van der Waals surface area contributed by atoms with Crippen LogP contribution in [0.4, 0.5) is 0 Å². The molecule has 2 heteroatoms. The van der Waals surface area contributed by atoms with Crippen LogP contribution in [-0.2, 0) is 0 Å². The van der Waals surface area contributed by atoms with Crippen LogP contribution in [0.25, 0.3) is 16.6 Å². The molecule has 0 atom stereocenters. The SMILES string of the molecule is Cc1ccc(-c2cn3ccccc3c2C=O)cc1. The van der Waals surface area contributed by atoms with Gasteiger partial charge in [-0.1, -0.05) is 35.9 Å². The van der Waals surface area contributed by atoms with E-state index in [0.717, 1.165) is 28.5 Å². The molecule has 0 spiro atoms. The zero-order valence-electron chi connectivity index (χ0n) is 10.1. The third-order valence-corrected chi connectivity index (χ3v) is 3.20. The number of fused-ring (bicyclic) bond motifs is 1. The minimum atomic E-state index is 0.749. The Balaban J connectivity index is 2.28. The van der Waals surface area contributed by atoms with E-state index in [9.17, 15) is 4.79 Å². The molecule has 0 saturated heterocycles. The normalized spacial score (nSPS) is 10.7. The van der Waals surface area contributed by atoms with Crippen molar-refractivity contribution in [3.63, 3.8) is 0 Å². The second kappa shape index (κ2) is 4.15. The van der Waals surface area contributed by atoms with Crippen LogP contribution >= 0.6 is 0 Å². The van der Waals surface area contributed by atoms with Gasteiger partial charge in [0.05, 0.1) is 5.52 Å². The quantitative estimate of drug-likeness (QED) is 0.620. The summed E-state index contributed by atoms with van der Waals surface area (Å²) < 4.78 is 1.99. The van der Waals surface area contributed by atoms with Gasteiger partial charge in [0, 0.05) is 23.5 Å². The van der Waals surface area contributed by atoms with Gasteiger partial charge in [-0.3, -0.25) is 4.79 Å². The smallest absolute Gasteiger partial charge is 0.152 e. The molecule has 0 unspecified atom stereocenters. The Kier molecular flexibility index (Phi) is 2.49. The van der Waals surface area contributed by atoms with Crippen molar-refractivity contribution in [3.05, 3.63) is 66.0 Å². The predicted octanol–water partition coefficient (Wildman–Crippen LogP) is 3.73. The van der Waals surface area contributed by atoms with E-state index in [4.69, 9.17) is 0 Å². The van der Waals surface area contributed by atoms with Gasteiger partial charge in [0.1, 0.15) is 0 Å². The number of pyridine rings is 1. The summed E-state index contributed by atoms with van der Waals surface area (Å²) in [5.74, 6) is 0. The molecule has 2 aromatic heterocycles. The lowest BCUT2D eigenvalue weighted by Gasteiger charge is -1.99. The molecule has 0 amide bonds. The molecular formula is C16H13NO. The predicted molar refractivity (Wildman–Crippen MR) is 73.0 cm³/mol. The number of aryl methyl sites for hydroxylation is 1. The Hall–Kier alpha value is -2.35. The fourth-order valence-electron chi connectivity index (χ4n) is 2.23. The Bertz CT molecular complexity index is 708. The first kappa shape index (κ1) is 10.8. The minimum Gasteiger partial charge on any atom is -0.322 e. The Morgan fingerprint density at radius 2 is 1.83 bits per heavy atom. The summed E-state index contributed by atoms with van der Waals surface area (Å²) in [7, 11) is 0. The topological polar surface area (TPSA) is 21.5 Å². The van der Waals surface area contributed by atoms with E-state index in [1.807, 2.05) is 35.0 Å². The maximum Gasteiger partial charge on any atom is 0.152 e. The highest BCUT2D eigenvalue weighted by molar-refractivity contribution is 5.96. The van der Waals surface area contributed by atoms with E-state index in [1.54, 1.807) is 0 Å². The summed E-state index contributed by atoms with van der Waals surface area (Å²) >= 11 is 0. The summed E-state index contributed by atoms with van der Waals surface area (Å²) in [6.45, 7) is 2.06. The lowest BCUT2D eigenvalue weighted by Crippen LogP contribution is -1.83. The van der Waals surface area contributed by atoms with E-state index < -0.39 is 0 Å². The van der Waals surface area contributed by atoms with Gasteiger partial charge in [0.2, 0.25) is 0 Å². The Morgan fingerprint density at radius 3 is 2.56 bits per heavy atom. The van der Waals surface area contributed by atoms with E-state index in [0.29, 0.717) is 0 Å². The third-order valence-electron chi connectivity index (χ3n) is 3.20. The van der Waals surface area contributed by atoms with E-state index in [1.165, 1.54) is 5.56 Å². The highest BCUT2D eigenvalue weighted by Crippen LogP contribution is 2.27. The molecule has 3 rings (SSSR count). The van der Waals surface area contributed by atoms with Crippen molar-refractivity contribution in [1.29, 1.82) is 0 Å². The van der Waals surface area contributed by atoms with Crippen LogP contribution in [0.15, 0.2) is 54.9 Å². The van der Waals surface area contributed by atoms with Gasteiger partial charge in [-0.2, -0.15) is 0 Å². The van der Waals surface area contributed by atoms with Crippen LogP contribution in [-0.4, -0.2) is 10.7 Å². The number of hydrogen-bond acceptors (Lipinski definition) is 1. The van der Waals surface area contributed by atoms with Crippen molar-refractivity contribution in [3.8, 4) is 11.1 Å². The van der Waals surface area contributed by atoms with E-state index >= 15 is 0 Å². The summed E-state index contributed by atoms with van der Waals surface area (Å²) in [5.41, 5.74) is 4.97. The number of carbonyl (C=O) groups excluding carboxylic acids is 1. The number of aromatic nitrogens is 1. The monoisotopic (exact) mass is 235 g/mol. The number of aldehydes is 1. The fraction of sp³-hybridized carbons (Fsp3) is 0.0625. The minimum absolute atomic E-state index is 0.749. The molecule has 0 radical (unpaired) electrons. The van der Waals surface area contributed by atoms with Crippen LogP contribution in [0, 0.1) is 6.92 Å². The second-order valence-corrected chi connectivity index (χ2v) is 4.43. The molecule has 3 aromatic rings. The summed E-state index contributed by atoms with van der Waals surface area (Å²) in [6, 6.07) is 14.1. The van der Waals surface area contributed by atoms with Gasteiger partial charge < -0.3 is 4.40 Å². The molecule has 0 saturated carbocycles. The molecule has 0 aliphatic rings. The van der Waals surface area contributed by atoms with Gasteiger partial charge in [-0.25, -0.2) is 0 Å². The zero-order valence-corrected chi connectivity index (χ0v) is 10.1. The Morgan fingerprint density at radius 1 is 1.06 bits per heavy atom. The largest absolute Gasteiger partial charge is 0.322 e. The molecule has 1 aromatic carbocycles. The number of hydrogen-bond donors (Lipinski definition) is 0. The lowest BCUT2D eigenvalue weighted by molar-refractivity contribution is 0.112. The van der Waals surface area contributed by atoms with Crippen molar-refractivity contribution in [2.45, 2.75) is 6.92 Å². The Labute approximate surface area is 105 Å². The van der Waals surface area contributed by atoms with Gasteiger partial charge in [-0.05, 0) is 24.6 Å². The first-order valence-electron chi connectivity index (χ1n) is 5.91. The highest BCUT2D eigenvalue weighted by Gasteiger charge is 2.10. The summed E-state index contributed by atoms with van der Waals surface area (Å²) in [4.78, 5) is 11.3. The fourth-order valence-corrected chi connectivity index (χ4v) is 2.23. The standard InChI is InChI=1S/C16H13NO/c1-12-5-7-13(8-6-12)14-10-17-9-3-2-4-16(17)15(14)11-18/h2-11H,1H3. The molecule has 0 aliphatic carbocycles. The molecule has 0 bridgehead atoms. The first-order valence-corrected chi connectivity index (χ1v) is 5.91. The maximum atomic E-state index is 11.3. The zero-order chi connectivity index (χ0) is 12.5. The van der Waals surface area contributed by atoms with Gasteiger partial charge in [-0.15, -0.1) is 0 Å². The van der Waals surface area contributed by atoms with Gasteiger partial charge in [0.15, 0.2) is 6.29 Å². The number of nitrogens with zero attached hydrogens (tertiary/aromatic N) is 1. The van der Waals surface area contributed by atoms with Gasteiger partial charge >= 0.3 is 0 Å². The van der Waals surface area contributed by atoms with Crippen molar-refractivity contribution in [2.75, 3.05) is 0 Å². The molecule has 2 nitrogen and oxygen atoms in total. The average molecular weight is 235 g/mol. The van der Waals surface area contributed by atoms with Gasteiger partial charge in [0.25, 0.3) is 0 Å². The molecule has 0 fully saturated rings. The van der Waals surface area contributed by atoms with E-state index in [2.05, 4.69) is 31.2 Å². The molecule has 0 N–H and O–H groups in total. The molecular weight excluding hydrogens is 222 g/mol. The van der Waals surface area contributed by atoms with Crippen LogP contribution in [0.3, 0.4) is 0 Å². The molecule has 0 aliphatic heterocycles. The molecule has 2 heterocycles. The summed E-state index contributed by atoms with van der Waals surface area (Å²) in [6.07, 6.45) is 4.90. The lowest BCUT2D eigenvalue weighted by atomic mass is 10.0. The van der Waals surface area contributed by atoms with Crippen molar-refractivity contribution in [2.24, 2.45) is 0 Å². The van der Waals surface area contributed by atoms with Crippen LogP contribution in [0.2, 0.25) is 0 Å². The van der Waals surface area contributed by atoms with Crippen molar-refractivity contribution in [1.82, 2.24) is 4.40 Å². The van der Waals surface area contributed by atoms with Crippen molar-refractivity contribution >= 4 is 11.8 Å². The van der Waals surface area contributed by atoms with Crippen LogP contribution < -0.4 is 0 Å². The number of rotatable bonds is 2. The van der Waals surface area contributed by atoms with Crippen LogP contribution in [0.1, 0.15) is 15.9 Å². The van der Waals surface area contributed by atoms with Crippen molar-refractivity contribution < 1.29 is 4.79 Å². The third kappa shape index (κ3) is 1.63. The number of carbonyl (C=O) groups is 1. The highest BCUT2D eigenvalue weighted by atomic mass is 16.1. The summed E-state index contributed by atoms with van der Waals surface area (Å²) in [5, 5.41) is 0. The molecule has 18 heavy (non-hydrogen) atoms. The number of benzene rings is 1.